The van der Waals surface area contributed by atoms with Gasteiger partial charge in [0.1, 0.15) is 7.55 Å². The fraction of sp³-hybridized carbons (Fsp3) is 0.267. The topological polar surface area (TPSA) is 0 Å². The van der Waals surface area contributed by atoms with E-state index in [2.05, 4.69) is 56.4 Å². The van der Waals surface area contributed by atoms with Crippen LogP contribution < -0.4 is 0 Å². The Balaban J connectivity index is 2.06. The van der Waals surface area contributed by atoms with Gasteiger partial charge in [0.15, 0.2) is 11.0 Å². The molecule has 0 fully saturated rings. The average Bonchev–Trinajstić information content (AvgIpc) is 2.92. The molecule has 0 aromatic heterocycles. The monoisotopic (exact) mass is 227 g/mol. The molecule has 0 radical (unpaired) electrons. The third-order valence-corrected chi connectivity index (χ3v) is 6.29. The second-order valence-corrected chi connectivity index (χ2v) is 7.34. The number of fused-ring (bicyclic) bond motifs is 1. The molecule has 2 aliphatic carbocycles. The molecular formula is C15H16P+. The zero-order valence-electron chi connectivity index (χ0n) is 9.77. The lowest BCUT2D eigenvalue weighted by molar-refractivity contribution is 1.15. The van der Waals surface area contributed by atoms with Crippen LogP contribution in [0, 0.1) is 0 Å². The third-order valence-electron chi connectivity index (χ3n) is 3.36. The van der Waals surface area contributed by atoms with Gasteiger partial charge < -0.3 is 0 Å². The number of hydrogen-bond donors (Lipinski definition) is 0. The second-order valence-electron chi connectivity index (χ2n) is 4.67. The molecule has 0 aromatic rings. The van der Waals surface area contributed by atoms with Gasteiger partial charge in [-0.05, 0) is 38.0 Å². The molecule has 0 spiro atoms. The molecule has 1 heterocycles. The molecule has 0 saturated carbocycles. The number of hydrogen-bond acceptors (Lipinski definition) is 0. The molecular weight excluding hydrogens is 211 g/mol. The smallest absolute Gasteiger partial charge is 0.0803 e. The molecule has 2 atom stereocenters. The van der Waals surface area contributed by atoms with Gasteiger partial charge in [-0.2, -0.15) is 0 Å². The zero-order valence-corrected chi connectivity index (χ0v) is 10.7. The van der Waals surface area contributed by atoms with Crippen LogP contribution in [0.4, 0.5) is 0 Å². The second kappa shape index (κ2) is 3.71. The number of rotatable bonds is 1. The van der Waals surface area contributed by atoms with Gasteiger partial charge in [0.2, 0.25) is 0 Å². The fourth-order valence-electron chi connectivity index (χ4n) is 2.65. The molecule has 1 heteroatoms. The predicted molar refractivity (Wildman–Crippen MR) is 74.2 cm³/mol. The lowest BCUT2D eigenvalue weighted by Crippen LogP contribution is -2.01. The maximum absolute atomic E-state index is 2.48. The Hall–Kier alpha value is -1.13. The highest BCUT2D eigenvalue weighted by Crippen LogP contribution is 2.56. The Bertz CT molecular complexity index is 518. The SMILES string of the molecule is CC(C)=[P+]1C2=CC=CC2=CC1C1=CC=CC1. The van der Waals surface area contributed by atoms with Crippen molar-refractivity contribution in [3.05, 3.63) is 59.0 Å². The summed E-state index contributed by atoms with van der Waals surface area (Å²) in [4.78, 5) is 0. The van der Waals surface area contributed by atoms with Crippen LogP contribution in [0.3, 0.4) is 0 Å². The average molecular weight is 227 g/mol. The predicted octanol–water partition coefficient (Wildman–Crippen LogP) is 4.33. The summed E-state index contributed by atoms with van der Waals surface area (Å²) < 4.78 is 0. The van der Waals surface area contributed by atoms with E-state index in [0.29, 0.717) is 5.66 Å². The van der Waals surface area contributed by atoms with Crippen molar-refractivity contribution in [1.29, 1.82) is 0 Å². The van der Waals surface area contributed by atoms with Crippen LogP contribution in [0.25, 0.3) is 0 Å². The summed E-state index contributed by atoms with van der Waals surface area (Å²) in [5, 5.41) is 3.18. The van der Waals surface area contributed by atoms with Crippen LogP contribution in [0.1, 0.15) is 20.3 Å². The molecule has 16 heavy (non-hydrogen) atoms. The molecule has 0 saturated heterocycles. The van der Waals surface area contributed by atoms with E-state index in [9.17, 15) is 0 Å². The third kappa shape index (κ3) is 1.41. The Morgan fingerprint density at radius 1 is 1.25 bits per heavy atom. The molecule has 0 bridgehead atoms. The normalized spacial score (nSPS) is 28.0. The van der Waals surface area contributed by atoms with Crippen molar-refractivity contribution >= 4 is 12.8 Å². The Morgan fingerprint density at radius 3 is 2.81 bits per heavy atom. The largest absolute Gasteiger partial charge is 0.162 e. The summed E-state index contributed by atoms with van der Waals surface area (Å²) in [7, 11) is -0.105. The van der Waals surface area contributed by atoms with E-state index in [1.165, 1.54) is 5.57 Å². The van der Waals surface area contributed by atoms with Crippen LogP contribution in [0.2, 0.25) is 0 Å². The van der Waals surface area contributed by atoms with Crippen LogP contribution in [0.15, 0.2) is 59.0 Å². The van der Waals surface area contributed by atoms with E-state index >= 15 is 0 Å². The first-order valence-corrected chi connectivity index (χ1v) is 7.24. The minimum atomic E-state index is -0.105. The maximum atomic E-state index is 2.48. The van der Waals surface area contributed by atoms with Gasteiger partial charge in [0.05, 0.1) is 5.29 Å². The van der Waals surface area contributed by atoms with Gasteiger partial charge in [-0.1, -0.05) is 30.4 Å². The first kappa shape index (κ1) is 10.1. The molecule has 0 nitrogen and oxygen atoms in total. The van der Waals surface area contributed by atoms with Crippen LogP contribution in [0.5, 0.6) is 0 Å². The molecule has 0 N–H and O–H groups in total. The van der Waals surface area contributed by atoms with Gasteiger partial charge in [-0.3, -0.25) is 0 Å². The molecule has 0 amide bonds. The summed E-state index contributed by atoms with van der Waals surface area (Å²) in [6, 6.07) is 0. The maximum Gasteiger partial charge on any atom is 0.162 e. The zero-order chi connectivity index (χ0) is 11.1. The summed E-state index contributed by atoms with van der Waals surface area (Å²) >= 11 is 0. The van der Waals surface area contributed by atoms with Gasteiger partial charge in [0, 0.05) is 5.57 Å². The van der Waals surface area contributed by atoms with Gasteiger partial charge in [0.25, 0.3) is 0 Å². The summed E-state index contributed by atoms with van der Waals surface area (Å²) in [5.74, 6) is 0. The van der Waals surface area contributed by atoms with Crippen molar-refractivity contribution < 1.29 is 0 Å². The lowest BCUT2D eigenvalue weighted by atomic mass is 10.1. The lowest BCUT2D eigenvalue weighted by Gasteiger charge is -2.05. The van der Waals surface area contributed by atoms with Crippen molar-refractivity contribution in [2.45, 2.75) is 25.9 Å². The number of allylic oxidation sites excluding steroid dienone is 10. The van der Waals surface area contributed by atoms with Crippen LogP contribution in [-0.4, -0.2) is 11.0 Å². The summed E-state index contributed by atoms with van der Waals surface area (Å²) in [6.07, 6.45) is 17.2. The molecule has 2 unspecified atom stereocenters. The minimum Gasteiger partial charge on any atom is -0.0803 e. The Kier molecular flexibility index (Phi) is 2.33. The minimum absolute atomic E-state index is 0.105. The summed E-state index contributed by atoms with van der Waals surface area (Å²) in [6.45, 7) is 4.58. The first-order valence-electron chi connectivity index (χ1n) is 5.83. The van der Waals surface area contributed by atoms with E-state index in [4.69, 9.17) is 0 Å². The molecule has 3 rings (SSSR count). The van der Waals surface area contributed by atoms with Crippen molar-refractivity contribution in [2.24, 2.45) is 0 Å². The van der Waals surface area contributed by atoms with Crippen molar-refractivity contribution in [3.8, 4) is 0 Å². The van der Waals surface area contributed by atoms with Crippen molar-refractivity contribution in [3.63, 3.8) is 0 Å². The highest BCUT2D eigenvalue weighted by Gasteiger charge is 2.40. The standard InChI is InChI=1S/C15H16P/c1-11(2)16-14-9-5-8-13(14)10-15(16)12-6-3-4-7-12/h3-6,8-10,15H,7H2,1-2H3/q+1. The highest BCUT2D eigenvalue weighted by molar-refractivity contribution is 7.65. The van der Waals surface area contributed by atoms with Gasteiger partial charge in [-0.25, -0.2) is 0 Å². The molecule has 0 aromatic carbocycles. The van der Waals surface area contributed by atoms with E-state index in [1.807, 2.05) is 0 Å². The molecule has 80 valence electrons. The first-order chi connectivity index (χ1) is 7.77. The molecule has 3 aliphatic rings. The summed E-state index contributed by atoms with van der Waals surface area (Å²) in [5.41, 5.74) is 3.75. The fourth-order valence-corrected chi connectivity index (χ4v) is 5.50. The molecule has 1 aliphatic heterocycles. The van der Waals surface area contributed by atoms with Gasteiger partial charge in [-0.15, -0.1) is 0 Å². The van der Waals surface area contributed by atoms with Gasteiger partial charge >= 0.3 is 0 Å². The van der Waals surface area contributed by atoms with E-state index in [1.54, 1.807) is 16.2 Å². The van der Waals surface area contributed by atoms with Crippen molar-refractivity contribution in [2.75, 3.05) is 0 Å². The van der Waals surface area contributed by atoms with Crippen LogP contribution >= 0.6 is 7.55 Å². The Labute approximate surface area is 98.1 Å². The Morgan fingerprint density at radius 2 is 2.12 bits per heavy atom. The van der Waals surface area contributed by atoms with E-state index in [-0.39, 0.29) is 7.55 Å². The van der Waals surface area contributed by atoms with E-state index < -0.39 is 0 Å². The van der Waals surface area contributed by atoms with Crippen molar-refractivity contribution in [1.82, 2.24) is 0 Å². The van der Waals surface area contributed by atoms with Crippen LogP contribution in [-0.2, 0) is 0 Å². The van der Waals surface area contributed by atoms with E-state index in [0.717, 1.165) is 6.42 Å². The highest BCUT2D eigenvalue weighted by atomic mass is 31.1. The quantitative estimate of drug-likeness (QED) is 0.585.